The molecule has 1 amide bonds. The first-order valence-electron chi connectivity index (χ1n) is 5.57. The van der Waals surface area contributed by atoms with Crippen LogP contribution in [0.25, 0.3) is 0 Å². The van der Waals surface area contributed by atoms with Crippen molar-refractivity contribution in [2.45, 2.75) is 25.7 Å². The molecule has 18 heavy (non-hydrogen) atoms. The molecular weight excluding hydrogens is 232 g/mol. The lowest BCUT2D eigenvalue weighted by Gasteiger charge is -2.04. The average molecular weight is 246 g/mol. The molecule has 5 heteroatoms. The second-order valence-electron chi connectivity index (χ2n) is 3.67. The number of terminal acetylenes is 1. The van der Waals surface area contributed by atoms with Crippen LogP contribution in [0.3, 0.4) is 0 Å². The number of hydrogen-bond donors (Lipinski definition) is 2. The normalized spacial score (nSPS) is 9.50. The van der Waals surface area contributed by atoms with Gasteiger partial charge in [0.2, 0.25) is 5.91 Å². The summed E-state index contributed by atoms with van der Waals surface area (Å²) >= 11 is 0. The number of nitrogens with one attached hydrogen (secondary N) is 1. The van der Waals surface area contributed by atoms with Gasteiger partial charge in [-0.05, 0) is 25.0 Å². The van der Waals surface area contributed by atoms with Crippen molar-refractivity contribution < 1.29 is 14.7 Å². The van der Waals surface area contributed by atoms with E-state index in [1.165, 1.54) is 12.1 Å². The van der Waals surface area contributed by atoms with Crippen LogP contribution in [0.15, 0.2) is 18.2 Å². The van der Waals surface area contributed by atoms with Crippen molar-refractivity contribution in [2.75, 3.05) is 5.32 Å². The summed E-state index contributed by atoms with van der Waals surface area (Å²) in [5.74, 6) is 1.43. The molecular formula is C13H14N2O3. The lowest BCUT2D eigenvalue weighted by Crippen LogP contribution is -2.13. The van der Waals surface area contributed by atoms with Crippen molar-refractivity contribution in [2.24, 2.45) is 0 Å². The lowest BCUT2D eigenvalue weighted by atomic mass is 10.2. The summed E-state index contributed by atoms with van der Waals surface area (Å²) in [4.78, 5) is 26.0. The van der Waals surface area contributed by atoms with Crippen LogP contribution in [-0.2, 0) is 4.79 Å². The fraction of sp³-hybridized carbons (Fsp3) is 0.308. The highest BCUT2D eigenvalue weighted by molar-refractivity contribution is 5.91. The summed E-state index contributed by atoms with van der Waals surface area (Å²) in [5, 5.41) is 11.3. The minimum atomic E-state index is -1.12. The number of carboxylic acid groups (broad SMARTS) is 1. The molecule has 0 bridgehead atoms. The minimum Gasteiger partial charge on any atom is -0.477 e. The van der Waals surface area contributed by atoms with Gasteiger partial charge in [-0.1, -0.05) is 6.07 Å². The van der Waals surface area contributed by atoms with Gasteiger partial charge in [-0.2, -0.15) is 0 Å². The zero-order valence-corrected chi connectivity index (χ0v) is 9.85. The van der Waals surface area contributed by atoms with Gasteiger partial charge in [-0.3, -0.25) is 4.79 Å². The number of rotatable bonds is 6. The third-order valence-electron chi connectivity index (χ3n) is 2.21. The van der Waals surface area contributed by atoms with Crippen LogP contribution in [-0.4, -0.2) is 22.0 Å². The molecule has 0 saturated carbocycles. The Balaban J connectivity index is 2.47. The van der Waals surface area contributed by atoms with E-state index in [-0.39, 0.29) is 17.4 Å². The number of anilines is 1. The SMILES string of the molecule is C#CCCCCC(=O)Nc1cccc(C(=O)O)n1. The number of nitrogens with zero attached hydrogens (tertiary/aromatic N) is 1. The van der Waals surface area contributed by atoms with Crippen LogP contribution in [0.5, 0.6) is 0 Å². The number of carboxylic acids is 1. The van der Waals surface area contributed by atoms with E-state index in [9.17, 15) is 9.59 Å². The van der Waals surface area contributed by atoms with Gasteiger partial charge in [-0.15, -0.1) is 12.3 Å². The molecule has 0 radical (unpaired) electrons. The number of carbonyl (C=O) groups excluding carboxylic acids is 1. The van der Waals surface area contributed by atoms with Gasteiger partial charge in [0, 0.05) is 12.8 Å². The summed E-state index contributed by atoms with van der Waals surface area (Å²) in [7, 11) is 0. The monoisotopic (exact) mass is 246 g/mol. The molecule has 94 valence electrons. The second-order valence-corrected chi connectivity index (χ2v) is 3.67. The number of carbonyl (C=O) groups is 2. The van der Waals surface area contributed by atoms with Crippen molar-refractivity contribution in [3.63, 3.8) is 0 Å². The zero-order chi connectivity index (χ0) is 13.4. The summed E-state index contributed by atoms with van der Waals surface area (Å²) in [6, 6.07) is 4.45. The fourth-order valence-corrected chi connectivity index (χ4v) is 1.34. The van der Waals surface area contributed by atoms with E-state index in [1.807, 2.05) is 0 Å². The quantitative estimate of drug-likeness (QED) is 0.593. The first-order valence-corrected chi connectivity index (χ1v) is 5.57. The number of aromatic carboxylic acids is 1. The van der Waals surface area contributed by atoms with Crippen LogP contribution in [0, 0.1) is 12.3 Å². The van der Waals surface area contributed by atoms with Crippen molar-refractivity contribution in [1.29, 1.82) is 0 Å². The molecule has 0 atom stereocenters. The van der Waals surface area contributed by atoms with E-state index in [1.54, 1.807) is 6.07 Å². The lowest BCUT2D eigenvalue weighted by molar-refractivity contribution is -0.116. The Morgan fingerprint density at radius 1 is 1.39 bits per heavy atom. The first kappa shape index (κ1) is 13.7. The van der Waals surface area contributed by atoms with Gasteiger partial charge in [-0.25, -0.2) is 9.78 Å². The van der Waals surface area contributed by atoms with Gasteiger partial charge in [0.15, 0.2) is 5.69 Å². The molecule has 1 aromatic rings. The first-order chi connectivity index (χ1) is 8.63. The highest BCUT2D eigenvalue weighted by Crippen LogP contribution is 2.07. The molecule has 0 aliphatic carbocycles. The predicted molar refractivity (Wildman–Crippen MR) is 67.1 cm³/mol. The number of amides is 1. The Hall–Kier alpha value is -2.35. The van der Waals surface area contributed by atoms with Crippen LogP contribution in [0.2, 0.25) is 0 Å². The van der Waals surface area contributed by atoms with Gasteiger partial charge in [0.1, 0.15) is 5.82 Å². The Labute approximate surface area is 105 Å². The van der Waals surface area contributed by atoms with Gasteiger partial charge in [0.25, 0.3) is 0 Å². The maximum Gasteiger partial charge on any atom is 0.354 e. The maximum atomic E-state index is 11.5. The second kappa shape index (κ2) is 7.07. The molecule has 2 N–H and O–H groups in total. The van der Waals surface area contributed by atoms with Crippen LogP contribution in [0.1, 0.15) is 36.2 Å². The van der Waals surface area contributed by atoms with Crippen LogP contribution < -0.4 is 5.32 Å². The molecule has 0 aliphatic heterocycles. The number of pyridine rings is 1. The molecule has 1 rings (SSSR count). The molecule has 0 spiro atoms. The summed E-state index contributed by atoms with van der Waals surface area (Å²) < 4.78 is 0. The highest BCUT2D eigenvalue weighted by atomic mass is 16.4. The standard InChI is InChI=1S/C13H14N2O3/c1-2-3-4-5-9-12(16)15-11-8-6-7-10(14-11)13(17)18/h1,6-8H,3-5,9H2,(H,17,18)(H,14,15,16). The van der Waals surface area contributed by atoms with E-state index in [4.69, 9.17) is 11.5 Å². The number of aromatic nitrogens is 1. The molecule has 5 nitrogen and oxygen atoms in total. The predicted octanol–water partition coefficient (Wildman–Crippen LogP) is 1.91. The molecule has 0 fully saturated rings. The smallest absolute Gasteiger partial charge is 0.354 e. The molecule has 0 aromatic carbocycles. The van der Waals surface area contributed by atoms with E-state index in [0.29, 0.717) is 19.3 Å². The van der Waals surface area contributed by atoms with Gasteiger partial charge >= 0.3 is 5.97 Å². The minimum absolute atomic E-state index is 0.0971. The Morgan fingerprint density at radius 2 is 2.17 bits per heavy atom. The number of hydrogen-bond acceptors (Lipinski definition) is 3. The van der Waals surface area contributed by atoms with Crippen molar-refractivity contribution >= 4 is 17.7 Å². The van der Waals surface area contributed by atoms with E-state index in [2.05, 4.69) is 16.2 Å². The summed E-state index contributed by atoms with van der Waals surface area (Å²) in [6.45, 7) is 0. The average Bonchev–Trinajstić information content (AvgIpc) is 2.35. The van der Waals surface area contributed by atoms with E-state index < -0.39 is 5.97 Å². The van der Waals surface area contributed by atoms with Crippen LogP contribution in [0.4, 0.5) is 5.82 Å². The number of unbranched alkanes of at least 4 members (excludes halogenated alkanes) is 2. The van der Waals surface area contributed by atoms with E-state index in [0.717, 1.165) is 6.42 Å². The topological polar surface area (TPSA) is 79.3 Å². The molecule has 1 heterocycles. The molecule has 0 saturated heterocycles. The maximum absolute atomic E-state index is 11.5. The fourth-order valence-electron chi connectivity index (χ4n) is 1.34. The van der Waals surface area contributed by atoms with Crippen molar-refractivity contribution in [3.05, 3.63) is 23.9 Å². The highest BCUT2D eigenvalue weighted by Gasteiger charge is 2.07. The zero-order valence-electron chi connectivity index (χ0n) is 9.85. The third kappa shape index (κ3) is 4.66. The van der Waals surface area contributed by atoms with E-state index >= 15 is 0 Å². The Kier molecular flexibility index (Phi) is 5.39. The van der Waals surface area contributed by atoms with Crippen LogP contribution >= 0.6 is 0 Å². The molecule has 0 unspecified atom stereocenters. The Bertz CT molecular complexity index is 477. The molecule has 0 aliphatic rings. The Morgan fingerprint density at radius 3 is 2.83 bits per heavy atom. The van der Waals surface area contributed by atoms with Crippen molar-refractivity contribution in [3.8, 4) is 12.3 Å². The summed E-state index contributed by atoms with van der Waals surface area (Å²) in [5.41, 5.74) is -0.0971. The largest absolute Gasteiger partial charge is 0.477 e. The third-order valence-corrected chi connectivity index (χ3v) is 2.21. The molecule has 1 aromatic heterocycles. The van der Waals surface area contributed by atoms with Crippen molar-refractivity contribution in [1.82, 2.24) is 4.98 Å². The van der Waals surface area contributed by atoms with Gasteiger partial charge < -0.3 is 10.4 Å². The summed E-state index contributed by atoms with van der Waals surface area (Å²) in [6.07, 6.45) is 7.60. The van der Waals surface area contributed by atoms with Gasteiger partial charge in [0.05, 0.1) is 0 Å².